The molecule has 1 aromatic rings. The maximum Gasteiger partial charge on any atom is 0.229 e. The molecule has 15 heavy (non-hydrogen) atoms. The van der Waals surface area contributed by atoms with Crippen molar-refractivity contribution in [3.05, 3.63) is 28.7 Å². The summed E-state index contributed by atoms with van der Waals surface area (Å²) in [5, 5.41) is 2.85. The lowest BCUT2D eigenvalue weighted by atomic mass is 9.95. The number of benzene rings is 1. The van der Waals surface area contributed by atoms with Gasteiger partial charge in [-0.3, -0.25) is 4.79 Å². The van der Waals surface area contributed by atoms with Crippen LogP contribution in [0.2, 0.25) is 0 Å². The Hall–Kier alpha value is -0.870. The predicted octanol–water partition coefficient (Wildman–Crippen LogP) is 2.61. The number of rotatable bonds is 1. The maximum atomic E-state index is 11.6. The van der Waals surface area contributed by atoms with Gasteiger partial charge in [0.2, 0.25) is 5.91 Å². The molecule has 3 nitrogen and oxygen atoms in total. The van der Waals surface area contributed by atoms with E-state index in [4.69, 9.17) is 0 Å². The number of hydrogen-bond acceptors (Lipinski definition) is 1. The van der Waals surface area contributed by atoms with Gasteiger partial charge in [0.05, 0.1) is 0 Å². The molecule has 1 aromatic carbocycles. The fraction of sp³-hybridized carbons (Fsp3) is 0.364. The summed E-state index contributed by atoms with van der Waals surface area (Å²) in [7, 11) is 0. The van der Waals surface area contributed by atoms with Crippen molar-refractivity contribution in [3.8, 4) is 0 Å². The van der Waals surface area contributed by atoms with Crippen LogP contribution in [0, 0.1) is 5.41 Å². The number of carbonyl (C=O) groups is 1. The summed E-state index contributed by atoms with van der Waals surface area (Å²) in [6.07, 6.45) is 0. The third-order valence-electron chi connectivity index (χ3n) is 1.78. The molecule has 0 heterocycles. The van der Waals surface area contributed by atoms with E-state index >= 15 is 0 Å². The first-order valence-electron chi connectivity index (χ1n) is 4.46. The van der Waals surface area contributed by atoms with Crippen LogP contribution in [0.4, 0.5) is 5.69 Å². The number of halogens is 1. The molecule has 0 bridgehead atoms. The van der Waals surface area contributed by atoms with Crippen LogP contribution >= 0.6 is 15.9 Å². The second-order valence-electron chi connectivity index (χ2n) is 4.21. The molecule has 3 N–H and O–H groups in total. The van der Waals surface area contributed by atoms with Crippen molar-refractivity contribution in [1.82, 2.24) is 0 Å². The fourth-order valence-corrected chi connectivity index (χ4v) is 1.12. The van der Waals surface area contributed by atoms with Gasteiger partial charge in [-0.1, -0.05) is 36.7 Å². The molecular formula is C11H16BrNO2. The van der Waals surface area contributed by atoms with E-state index in [0.717, 1.165) is 10.2 Å². The van der Waals surface area contributed by atoms with Crippen LogP contribution in [0.15, 0.2) is 28.7 Å². The fourth-order valence-electron chi connectivity index (χ4n) is 0.852. The number of nitrogens with one attached hydrogen (secondary N) is 1. The molecule has 1 amide bonds. The molecule has 0 atom stereocenters. The Morgan fingerprint density at radius 3 is 2.07 bits per heavy atom. The summed E-state index contributed by atoms with van der Waals surface area (Å²) in [6.45, 7) is 5.67. The van der Waals surface area contributed by atoms with Crippen LogP contribution in [0.1, 0.15) is 20.8 Å². The van der Waals surface area contributed by atoms with E-state index in [1.165, 1.54) is 0 Å². The lowest BCUT2D eigenvalue weighted by Crippen LogP contribution is -2.27. The van der Waals surface area contributed by atoms with E-state index in [-0.39, 0.29) is 16.8 Å². The molecule has 0 radical (unpaired) electrons. The molecule has 0 fully saturated rings. The smallest absolute Gasteiger partial charge is 0.229 e. The molecule has 4 heteroatoms. The third kappa shape index (κ3) is 4.44. The van der Waals surface area contributed by atoms with Crippen molar-refractivity contribution in [2.24, 2.45) is 5.41 Å². The van der Waals surface area contributed by atoms with Gasteiger partial charge in [0.1, 0.15) is 0 Å². The second kappa shape index (κ2) is 5.28. The van der Waals surface area contributed by atoms with Crippen molar-refractivity contribution < 1.29 is 10.3 Å². The van der Waals surface area contributed by atoms with Gasteiger partial charge < -0.3 is 10.8 Å². The van der Waals surface area contributed by atoms with E-state index in [9.17, 15) is 4.79 Å². The highest BCUT2D eigenvalue weighted by Gasteiger charge is 2.20. The zero-order valence-electron chi connectivity index (χ0n) is 9.10. The summed E-state index contributed by atoms with van der Waals surface area (Å²) in [4.78, 5) is 11.6. The van der Waals surface area contributed by atoms with E-state index in [1.807, 2.05) is 45.0 Å². The quantitative estimate of drug-likeness (QED) is 0.840. The molecule has 0 saturated heterocycles. The van der Waals surface area contributed by atoms with Gasteiger partial charge in [-0.15, -0.1) is 0 Å². The van der Waals surface area contributed by atoms with E-state index in [2.05, 4.69) is 21.2 Å². The average Bonchev–Trinajstić information content (AvgIpc) is 2.07. The Balaban J connectivity index is 0.00000196. The molecule has 0 unspecified atom stereocenters. The Labute approximate surface area is 98.3 Å². The minimum Gasteiger partial charge on any atom is -0.412 e. The Kier molecular flexibility index (Phi) is 4.97. The Bertz CT molecular complexity index is 327. The molecule has 0 aliphatic heterocycles. The van der Waals surface area contributed by atoms with Crippen LogP contribution in [-0.4, -0.2) is 11.4 Å². The molecule has 0 aliphatic rings. The maximum absolute atomic E-state index is 11.6. The van der Waals surface area contributed by atoms with Crippen LogP contribution in [0.5, 0.6) is 0 Å². The van der Waals surface area contributed by atoms with Crippen molar-refractivity contribution >= 4 is 27.5 Å². The van der Waals surface area contributed by atoms with E-state index < -0.39 is 0 Å². The van der Waals surface area contributed by atoms with Crippen molar-refractivity contribution in [3.63, 3.8) is 0 Å². The molecular weight excluding hydrogens is 258 g/mol. The van der Waals surface area contributed by atoms with Crippen molar-refractivity contribution in [1.29, 1.82) is 0 Å². The second-order valence-corrected chi connectivity index (χ2v) is 5.13. The van der Waals surface area contributed by atoms with Gasteiger partial charge in [0, 0.05) is 15.6 Å². The molecule has 0 aliphatic carbocycles. The molecule has 0 saturated carbocycles. The summed E-state index contributed by atoms with van der Waals surface area (Å²) in [5.74, 6) is 0.0276. The third-order valence-corrected chi connectivity index (χ3v) is 2.31. The minimum atomic E-state index is -0.354. The minimum absolute atomic E-state index is 0. The van der Waals surface area contributed by atoms with Crippen LogP contribution in [0.25, 0.3) is 0 Å². The van der Waals surface area contributed by atoms with Gasteiger partial charge in [-0.25, -0.2) is 0 Å². The first-order valence-corrected chi connectivity index (χ1v) is 5.26. The molecule has 84 valence electrons. The van der Waals surface area contributed by atoms with Gasteiger partial charge in [-0.05, 0) is 24.3 Å². The number of amides is 1. The number of carbonyl (C=O) groups excluding carboxylic acids is 1. The van der Waals surface area contributed by atoms with Gasteiger partial charge in [-0.2, -0.15) is 0 Å². The lowest BCUT2D eigenvalue weighted by molar-refractivity contribution is -0.123. The Morgan fingerprint density at radius 1 is 1.20 bits per heavy atom. The van der Waals surface area contributed by atoms with Gasteiger partial charge in [0.25, 0.3) is 0 Å². The topological polar surface area (TPSA) is 60.6 Å². The first kappa shape index (κ1) is 14.1. The monoisotopic (exact) mass is 273 g/mol. The van der Waals surface area contributed by atoms with Gasteiger partial charge >= 0.3 is 0 Å². The Morgan fingerprint density at radius 2 is 1.67 bits per heavy atom. The van der Waals surface area contributed by atoms with Crippen LogP contribution in [-0.2, 0) is 4.79 Å². The predicted molar refractivity (Wildman–Crippen MR) is 65.8 cm³/mol. The van der Waals surface area contributed by atoms with Gasteiger partial charge in [0.15, 0.2) is 0 Å². The van der Waals surface area contributed by atoms with Crippen molar-refractivity contribution in [2.45, 2.75) is 20.8 Å². The normalized spacial score (nSPS) is 10.4. The van der Waals surface area contributed by atoms with E-state index in [0.29, 0.717) is 0 Å². The summed E-state index contributed by atoms with van der Waals surface area (Å²) in [6, 6.07) is 7.54. The molecule has 1 rings (SSSR count). The SMILES string of the molecule is CC(C)(C)C(=O)Nc1ccc(Br)cc1.O. The largest absolute Gasteiger partial charge is 0.412 e. The lowest BCUT2D eigenvalue weighted by Gasteiger charge is -2.17. The number of hydrogen-bond donors (Lipinski definition) is 1. The number of anilines is 1. The van der Waals surface area contributed by atoms with E-state index in [1.54, 1.807) is 0 Å². The zero-order valence-corrected chi connectivity index (χ0v) is 10.7. The molecule has 0 spiro atoms. The summed E-state index contributed by atoms with van der Waals surface area (Å²) >= 11 is 3.34. The highest BCUT2D eigenvalue weighted by molar-refractivity contribution is 9.10. The zero-order chi connectivity index (χ0) is 10.8. The molecule has 0 aromatic heterocycles. The van der Waals surface area contributed by atoms with Crippen LogP contribution < -0.4 is 5.32 Å². The summed E-state index contributed by atoms with van der Waals surface area (Å²) < 4.78 is 1.01. The first-order chi connectivity index (χ1) is 6.39. The average molecular weight is 274 g/mol. The summed E-state index contributed by atoms with van der Waals surface area (Å²) in [5.41, 5.74) is 0.473. The standard InChI is InChI=1S/C11H14BrNO.H2O/c1-11(2,3)10(14)13-9-6-4-8(12)5-7-9;/h4-7H,1-3H3,(H,13,14);1H2. The van der Waals surface area contributed by atoms with Crippen LogP contribution in [0.3, 0.4) is 0 Å². The highest BCUT2D eigenvalue weighted by Crippen LogP contribution is 2.18. The van der Waals surface area contributed by atoms with Crippen molar-refractivity contribution in [2.75, 3.05) is 5.32 Å². The highest BCUT2D eigenvalue weighted by atomic mass is 79.9.